The van der Waals surface area contributed by atoms with Crippen LogP contribution in [-0.2, 0) is 27.9 Å². The summed E-state index contributed by atoms with van der Waals surface area (Å²) in [4.78, 5) is 38.0. The normalized spacial score (nSPS) is 14.4. The smallest absolute Gasteiger partial charge is 0.306 e. The minimum Gasteiger partial charge on any atom is -0.756 e. The van der Waals surface area contributed by atoms with Gasteiger partial charge in [-0.05, 0) is 38.5 Å². The van der Waals surface area contributed by atoms with Crippen LogP contribution < -0.4 is 4.89 Å². The predicted molar refractivity (Wildman–Crippen MR) is 213 cm³/mol. The summed E-state index contributed by atoms with van der Waals surface area (Å²) in [6, 6.07) is 0. The van der Waals surface area contributed by atoms with Crippen LogP contribution in [0, 0.1) is 0 Å². The molecule has 0 bridgehead atoms. The highest BCUT2D eigenvalue weighted by Gasteiger charge is 2.31. The number of unbranched alkanes of at least 4 members (excludes halogenated alkanes) is 23. The van der Waals surface area contributed by atoms with E-state index in [1.807, 2.05) is 21.1 Å². The fourth-order valence-corrected chi connectivity index (χ4v) is 6.77. The molecular formula is C42H82NO8P. The van der Waals surface area contributed by atoms with Crippen molar-refractivity contribution in [2.75, 3.05) is 40.9 Å². The molecule has 308 valence electrons. The molecule has 0 aliphatic rings. The average Bonchev–Trinajstić information content (AvgIpc) is 3.09. The van der Waals surface area contributed by atoms with E-state index in [0.29, 0.717) is 23.9 Å². The van der Waals surface area contributed by atoms with Crippen molar-refractivity contribution in [3.8, 4) is 0 Å². The van der Waals surface area contributed by atoms with Gasteiger partial charge >= 0.3 is 5.97 Å². The Morgan fingerprint density at radius 1 is 0.635 bits per heavy atom. The Morgan fingerprint density at radius 3 is 1.48 bits per heavy atom. The molecule has 10 heteroatoms. The van der Waals surface area contributed by atoms with Crippen LogP contribution in [0.25, 0.3) is 0 Å². The molecule has 0 spiro atoms. The molecule has 0 saturated heterocycles. The van der Waals surface area contributed by atoms with E-state index in [9.17, 15) is 24.2 Å². The first-order valence-corrected chi connectivity index (χ1v) is 22.8. The van der Waals surface area contributed by atoms with Gasteiger partial charge in [0, 0.05) is 12.8 Å². The van der Waals surface area contributed by atoms with E-state index in [1.54, 1.807) is 0 Å². The second-order valence-corrected chi connectivity index (χ2v) is 17.3. The Balaban J connectivity index is 4.55. The van der Waals surface area contributed by atoms with Gasteiger partial charge in [-0.1, -0.05) is 154 Å². The summed E-state index contributed by atoms with van der Waals surface area (Å²) in [6.07, 6.45) is 32.0. The Bertz CT molecular complexity index is 922. The lowest BCUT2D eigenvalue weighted by atomic mass is 10.0. The first-order chi connectivity index (χ1) is 24.9. The molecule has 0 heterocycles. The number of ether oxygens (including phenoxy) is 1. The quantitative estimate of drug-likeness (QED) is 0.0216. The number of hydrogen-bond donors (Lipinski definition) is 1. The topological polar surface area (TPSA) is 122 Å². The second-order valence-electron chi connectivity index (χ2n) is 15.9. The van der Waals surface area contributed by atoms with Gasteiger partial charge in [-0.25, -0.2) is 0 Å². The summed E-state index contributed by atoms with van der Waals surface area (Å²) in [6.45, 7) is 4.17. The van der Waals surface area contributed by atoms with Crippen LogP contribution >= 0.6 is 7.82 Å². The number of quaternary nitrogens is 1. The summed E-state index contributed by atoms with van der Waals surface area (Å²) in [5.74, 6) is -1.05. The van der Waals surface area contributed by atoms with Crippen molar-refractivity contribution in [1.29, 1.82) is 0 Å². The largest absolute Gasteiger partial charge is 0.756 e. The molecule has 3 atom stereocenters. The zero-order valence-corrected chi connectivity index (χ0v) is 35.3. The number of aliphatic hydroxyl groups excluding tert-OH is 1. The Morgan fingerprint density at radius 2 is 1.04 bits per heavy atom. The van der Waals surface area contributed by atoms with E-state index < -0.39 is 38.4 Å². The molecule has 0 aromatic carbocycles. The highest BCUT2D eigenvalue weighted by Crippen LogP contribution is 2.38. The van der Waals surface area contributed by atoms with Crippen molar-refractivity contribution in [1.82, 2.24) is 0 Å². The Labute approximate surface area is 320 Å². The lowest BCUT2D eigenvalue weighted by Crippen LogP contribution is -2.41. The average molecular weight is 760 g/mol. The minimum atomic E-state index is -4.73. The van der Waals surface area contributed by atoms with Gasteiger partial charge in [0.2, 0.25) is 0 Å². The van der Waals surface area contributed by atoms with Crippen molar-refractivity contribution in [3.05, 3.63) is 12.2 Å². The van der Waals surface area contributed by atoms with E-state index in [0.717, 1.165) is 57.8 Å². The first kappa shape index (κ1) is 50.9. The van der Waals surface area contributed by atoms with Gasteiger partial charge in [0.1, 0.15) is 13.2 Å². The van der Waals surface area contributed by atoms with Crippen molar-refractivity contribution < 1.29 is 42.4 Å². The van der Waals surface area contributed by atoms with Crippen molar-refractivity contribution >= 4 is 19.6 Å². The zero-order chi connectivity index (χ0) is 38.8. The van der Waals surface area contributed by atoms with Gasteiger partial charge < -0.3 is 28.3 Å². The van der Waals surface area contributed by atoms with E-state index in [1.165, 1.54) is 96.3 Å². The van der Waals surface area contributed by atoms with Crippen LogP contribution in [0.4, 0.5) is 0 Å². The highest BCUT2D eigenvalue weighted by atomic mass is 31.2. The number of aliphatic hydroxyl groups is 1. The molecule has 0 fully saturated rings. The number of Topliss-reactive ketones (excluding diaryl/α,β-unsaturated/α-hetero) is 1. The summed E-state index contributed by atoms with van der Waals surface area (Å²) in [5, 5.41) is 10.9. The summed E-state index contributed by atoms with van der Waals surface area (Å²) in [7, 11) is 0.993. The van der Waals surface area contributed by atoms with E-state index in [2.05, 4.69) is 26.0 Å². The number of carbonyl (C=O) groups excluding carboxylic acids is 2. The maximum absolute atomic E-state index is 12.9. The van der Waals surface area contributed by atoms with Gasteiger partial charge in [0.25, 0.3) is 7.82 Å². The minimum absolute atomic E-state index is 0.0786. The van der Waals surface area contributed by atoms with Crippen LogP contribution in [0.5, 0.6) is 0 Å². The molecule has 0 aromatic rings. The first-order valence-electron chi connectivity index (χ1n) is 21.4. The highest BCUT2D eigenvalue weighted by molar-refractivity contribution is 7.45. The third-order valence-corrected chi connectivity index (χ3v) is 10.5. The van der Waals surface area contributed by atoms with Gasteiger partial charge in [0.15, 0.2) is 18.0 Å². The number of phosphoric acid groups is 1. The molecule has 0 aliphatic carbocycles. The summed E-state index contributed by atoms with van der Waals surface area (Å²) < 4.78 is 28.3. The molecule has 0 rings (SSSR count). The predicted octanol–water partition coefficient (Wildman–Crippen LogP) is 10.6. The molecule has 2 unspecified atom stereocenters. The molecule has 9 nitrogen and oxygen atoms in total. The number of rotatable bonds is 39. The standard InChI is InChI=1S/C42H82NO8P/c1-6-8-10-12-14-16-18-20-21-23-24-26-28-30-32-34-39(44)42(46)40(38-50-52(47,48)49-37-36-43(3,4)5)51-41(45)35-33-31-29-27-25-22-19-17-15-13-11-9-7-2/h20-21,40,42,46H,6-19,22-38H2,1-5H3/b21-20-/t40-,42?/m0/s1. The van der Waals surface area contributed by atoms with Crippen molar-refractivity contribution in [2.24, 2.45) is 0 Å². The zero-order valence-electron chi connectivity index (χ0n) is 34.4. The maximum Gasteiger partial charge on any atom is 0.306 e. The number of esters is 1. The van der Waals surface area contributed by atoms with E-state index in [4.69, 9.17) is 13.8 Å². The monoisotopic (exact) mass is 760 g/mol. The number of carbonyl (C=O) groups is 2. The fraction of sp³-hybridized carbons (Fsp3) is 0.905. The summed E-state index contributed by atoms with van der Waals surface area (Å²) >= 11 is 0. The number of nitrogens with zero attached hydrogens (tertiary/aromatic N) is 1. The molecular weight excluding hydrogens is 677 g/mol. The van der Waals surface area contributed by atoms with Crippen LogP contribution in [0.2, 0.25) is 0 Å². The van der Waals surface area contributed by atoms with Gasteiger partial charge in [-0.3, -0.25) is 14.2 Å². The van der Waals surface area contributed by atoms with Crippen molar-refractivity contribution in [2.45, 2.75) is 206 Å². The summed E-state index contributed by atoms with van der Waals surface area (Å²) in [5.41, 5.74) is 0. The van der Waals surface area contributed by atoms with Gasteiger partial charge in [-0.15, -0.1) is 0 Å². The maximum atomic E-state index is 12.9. The number of hydrogen-bond acceptors (Lipinski definition) is 8. The third-order valence-electron chi connectivity index (χ3n) is 9.54. The van der Waals surface area contributed by atoms with Crippen LogP contribution in [-0.4, -0.2) is 74.5 Å². The van der Waals surface area contributed by atoms with Crippen LogP contribution in [0.3, 0.4) is 0 Å². The molecule has 0 aromatic heterocycles. The second kappa shape index (κ2) is 34.4. The Hall–Kier alpha value is -1.09. The van der Waals surface area contributed by atoms with Crippen LogP contribution in [0.1, 0.15) is 194 Å². The van der Waals surface area contributed by atoms with E-state index >= 15 is 0 Å². The van der Waals surface area contributed by atoms with E-state index in [-0.39, 0.29) is 19.4 Å². The number of phosphoric ester groups is 1. The number of likely N-dealkylation sites (N-methyl/N-ethyl adjacent to an activating group) is 1. The van der Waals surface area contributed by atoms with Crippen LogP contribution in [0.15, 0.2) is 12.2 Å². The lowest BCUT2D eigenvalue weighted by molar-refractivity contribution is -0.870. The molecule has 0 radical (unpaired) electrons. The SMILES string of the molecule is CCCCCCCC/C=C\CCCCCCCC(=O)C(O)[C@H](COP(=O)([O-])OCC[N+](C)(C)C)OC(=O)CCCCCCCCCCCCCCC. The van der Waals surface area contributed by atoms with Crippen molar-refractivity contribution in [3.63, 3.8) is 0 Å². The molecule has 0 aliphatic heterocycles. The third kappa shape index (κ3) is 34.7. The van der Waals surface area contributed by atoms with Gasteiger partial charge in [-0.2, -0.15) is 0 Å². The molecule has 52 heavy (non-hydrogen) atoms. The number of allylic oxidation sites excluding steroid dienone is 2. The molecule has 0 amide bonds. The fourth-order valence-electron chi connectivity index (χ4n) is 6.06. The number of ketones is 1. The molecule has 1 N–H and O–H groups in total. The molecule has 0 saturated carbocycles. The lowest BCUT2D eigenvalue weighted by Gasteiger charge is -2.29. The van der Waals surface area contributed by atoms with Gasteiger partial charge in [0.05, 0.1) is 27.7 Å². The Kier molecular flexibility index (Phi) is 33.7.